The van der Waals surface area contributed by atoms with Crippen LogP contribution in [0.4, 0.5) is 26.3 Å². The summed E-state index contributed by atoms with van der Waals surface area (Å²) in [5, 5.41) is 19.1. The molecule has 6 aromatic rings. The Kier molecular flexibility index (Phi) is 13.4. The molecule has 6 rings (SSSR count). The molecule has 1 N–H and O–H groups in total. The first kappa shape index (κ1) is 44.7. The molecule has 0 spiro atoms. The number of alkyl halides is 6. The molecule has 0 bridgehead atoms. The SMILES string of the molecule is CC(C)c1cc2c(cc1C(F)(F)F)c(C(C)C)nn2C.CC(C)c1cc2c(cc1Cl)c(C(C)C)nn2C.CC(C)c1cc2n[nH]c(C(C)C)c2cc1C(F)(F)F. The van der Waals surface area contributed by atoms with Crippen molar-refractivity contribution < 1.29 is 26.3 Å². The highest BCUT2D eigenvalue weighted by molar-refractivity contribution is 6.32. The fourth-order valence-corrected chi connectivity index (χ4v) is 7.32. The minimum absolute atomic E-state index is 0.0877. The minimum atomic E-state index is -4.34. The number of fused-ring (bicyclic) bond motifs is 3. The first-order valence-electron chi connectivity index (χ1n) is 19.1. The first-order valence-corrected chi connectivity index (χ1v) is 19.5. The summed E-state index contributed by atoms with van der Waals surface area (Å²) in [5.41, 5.74) is 5.81. The van der Waals surface area contributed by atoms with E-state index in [0.717, 1.165) is 21.9 Å². The second kappa shape index (κ2) is 16.8. The molecule has 0 saturated carbocycles. The van der Waals surface area contributed by atoms with E-state index in [1.54, 1.807) is 51.6 Å². The third-order valence-corrected chi connectivity index (χ3v) is 10.3. The zero-order valence-corrected chi connectivity index (χ0v) is 35.6. The molecule has 3 aromatic carbocycles. The van der Waals surface area contributed by atoms with Crippen LogP contribution in [0, 0.1) is 0 Å². The summed E-state index contributed by atoms with van der Waals surface area (Å²) in [6.45, 7) is 23.4. The lowest BCUT2D eigenvalue weighted by molar-refractivity contribution is -0.139. The lowest BCUT2D eigenvalue weighted by atomic mass is 9.93. The Morgan fingerprint density at radius 2 is 0.911 bits per heavy atom. The number of benzene rings is 3. The van der Waals surface area contributed by atoms with Gasteiger partial charge in [0.1, 0.15) is 0 Å². The highest BCUT2D eigenvalue weighted by Crippen LogP contribution is 2.41. The molecule has 0 fully saturated rings. The molecular weight excluding hydrogens is 750 g/mol. The fourth-order valence-electron chi connectivity index (χ4n) is 6.94. The van der Waals surface area contributed by atoms with Crippen molar-refractivity contribution in [2.45, 2.75) is 131 Å². The van der Waals surface area contributed by atoms with E-state index in [9.17, 15) is 26.3 Å². The summed E-state index contributed by atoms with van der Waals surface area (Å²) in [5.74, 6) is 0.665. The van der Waals surface area contributed by atoms with Gasteiger partial charge in [-0.3, -0.25) is 14.5 Å². The van der Waals surface area contributed by atoms with Crippen molar-refractivity contribution in [3.8, 4) is 0 Å². The van der Waals surface area contributed by atoms with Crippen LogP contribution in [-0.4, -0.2) is 29.8 Å². The molecule has 13 heteroatoms. The van der Waals surface area contributed by atoms with E-state index >= 15 is 0 Å². The predicted octanol–water partition coefficient (Wildman–Crippen LogP) is 14.1. The highest BCUT2D eigenvalue weighted by Gasteiger charge is 2.36. The Labute approximate surface area is 331 Å². The summed E-state index contributed by atoms with van der Waals surface area (Å²) in [6.07, 6.45) is -8.67. The van der Waals surface area contributed by atoms with Gasteiger partial charge < -0.3 is 0 Å². The largest absolute Gasteiger partial charge is 0.416 e. The molecule has 0 aliphatic rings. The number of hydrogen-bond acceptors (Lipinski definition) is 3. The lowest BCUT2D eigenvalue weighted by Gasteiger charge is -2.16. The summed E-state index contributed by atoms with van der Waals surface area (Å²) in [7, 11) is 3.76. The number of rotatable bonds is 6. The number of halogens is 7. The van der Waals surface area contributed by atoms with Crippen molar-refractivity contribution in [1.82, 2.24) is 29.8 Å². The van der Waals surface area contributed by atoms with Gasteiger partial charge in [-0.1, -0.05) is 94.7 Å². The second-order valence-corrected chi connectivity index (χ2v) is 16.8. The monoisotopic (exact) mass is 804 g/mol. The Morgan fingerprint density at radius 1 is 0.518 bits per heavy atom. The third-order valence-electron chi connectivity index (χ3n) is 9.95. The van der Waals surface area contributed by atoms with Gasteiger partial charge >= 0.3 is 12.4 Å². The maximum absolute atomic E-state index is 13.2. The smallest absolute Gasteiger partial charge is 0.281 e. The van der Waals surface area contributed by atoms with Gasteiger partial charge in [0, 0.05) is 41.0 Å². The van der Waals surface area contributed by atoms with E-state index in [1.165, 1.54) is 28.6 Å². The summed E-state index contributed by atoms with van der Waals surface area (Å²) in [4.78, 5) is 0. The Bertz CT molecular complexity index is 2300. The van der Waals surface area contributed by atoms with Crippen LogP contribution in [0.2, 0.25) is 5.02 Å². The molecule has 3 heterocycles. The van der Waals surface area contributed by atoms with Crippen LogP contribution in [0.25, 0.3) is 32.7 Å². The topological polar surface area (TPSA) is 64.3 Å². The predicted molar refractivity (Wildman–Crippen MR) is 217 cm³/mol. The average molecular weight is 805 g/mol. The van der Waals surface area contributed by atoms with Crippen molar-refractivity contribution in [3.05, 3.63) is 86.3 Å². The normalized spacial score (nSPS) is 12.6. The molecule has 0 unspecified atom stereocenters. The molecule has 3 aromatic heterocycles. The van der Waals surface area contributed by atoms with Crippen LogP contribution in [0.15, 0.2) is 36.4 Å². The Morgan fingerprint density at radius 3 is 1.30 bits per heavy atom. The Hall–Kier alpha value is -4.06. The quantitative estimate of drug-likeness (QED) is 0.171. The van der Waals surface area contributed by atoms with Gasteiger partial charge in [0.15, 0.2) is 0 Å². The van der Waals surface area contributed by atoms with Crippen molar-refractivity contribution in [3.63, 3.8) is 0 Å². The summed E-state index contributed by atoms with van der Waals surface area (Å²) < 4.78 is 82.8. The zero-order chi connectivity index (χ0) is 42.4. The van der Waals surface area contributed by atoms with Crippen LogP contribution < -0.4 is 0 Å². The molecular formula is C43H55ClF6N6. The van der Waals surface area contributed by atoms with Crippen LogP contribution in [0.3, 0.4) is 0 Å². The van der Waals surface area contributed by atoms with Crippen molar-refractivity contribution in [1.29, 1.82) is 0 Å². The van der Waals surface area contributed by atoms with E-state index in [1.807, 2.05) is 39.4 Å². The standard InChI is InChI=1S/C15H19F3N2.C14H19ClN2.C14H17F3N2/c1-8(2)10-7-13-11(6-12(10)15(16,17)18)14(9(3)4)19-20(13)5;1-8(2)10-7-13-11(6-12(10)15)14(9(3)4)16-17(13)5;1-7(2)9-6-12-10(5-11(9)14(15,16)17)13(8(3)4)19-18-12/h6-9H,1-5H3;6-9H,1-5H3;5-8H,1-4H3,(H,18,19). The van der Waals surface area contributed by atoms with Crippen molar-refractivity contribution in [2.24, 2.45) is 14.1 Å². The van der Waals surface area contributed by atoms with E-state index in [-0.39, 0.29) is 23.7 Å². The molecule has 6 nitrogen and oxygen atoms in total. The van der Waals surface area contributed by atoms with Gasteiger partial charge in [-0.2, -0.15) is 41.6 Å². The number of aromatic amines is 1. The van der Waals surface area contributed by atoms with Crippen LogP contribution in [0.1, 0.15) is 163 Å². The third kappa shape index (κ3) is 9.38. The number of nitrogens with one attached hydrogen (secondary N) is 1. The van der Waals surface area contributed by atoms with Crippen molar-refractivity contribution in [2.75, 3.05) is 0 Å². The van der Waals surface area contributed by atoms with Crippen LogP contribution >= 0.6 is 11.6 Å². The van der Waals surface area contributed by atoms with Gasteiger partial charge in [0.05, 0.1) is 39.1 Å². The van der Waals surface area contributed by atoms with E-state index in [0.29, 0.717) is 44.9 Å². The summed E-state index contributed by atoms with van der Waals surface area (Å²) in [6, 6.07) is 9.89. The minimum Gasteiger partial charge on any atom is -0.281 e. The van der Waals surface area contributed by atoms with Crippen LogP contribution in [0.5, 0.6) is 0 Å². The van der Waals surface area contributed by atoms with Gasteiger partial charge in [-0.25, -0.2) is 0 Å². The van der Waals surface area contributed by atoms with E-state index in [4.69, 9.17) is 11.6 Å². The number of H-pyrrole nitrogens is 1. The number of hydrogen-bond donors (Lipinski definition) is 1. The van der Waals surface area contributed by atoms with E-state index < -0.39 is 23.5 Å². The summed E-state index contributed by atoms with van der Waals surface area (Å²) >= 11 is 6.35. The van der Waals surface area contributed by atoms with Gasteiger partial charge in [0.2, 0.25) is 0 Å². The number of aryl methyl sites for hydroxylation is 2. The lowest BCUT2D eigenvalue weighted by Crippen LogP contribution is -2.10. The number of nitrogens with zero attached hydrogens (tertiary/aromatic N) is 5. The molecule has 0 atom stereocenters. The van der Waals surface area contributed by atoms with Gasteiger partial charge in [-0.15, -0.1) is 0 Å². The zero-order valence-electron chi connectivity index (χ0n) is 34.8. The first-order chi connectivity index (χ1) is 25.8. The molecule has 0 amide bonds. The maximum atomic E-state index is 13.2. The van der Waals surface area contributed by atoms with E-state index in [2.05, 4.69) is 60.2 Å². The van der Waals surface area contributed by atoms with Gasteiger partial charge in [0.25, 0.3) is 0 Å². The number of aromatic nitrogens is 6. The highest BCUT2D eigenvalue weighted by atomic mass is 35.5. The van der Waals surface area contributed by atoms with Crippen molar-refractivity contribution >= 4 is 44.3 Å². The Balaban J connectivity index is 0.000000187. The maximum Gasteiger partial charge on any atom is 0.416 e. The second-order valence-electron chi connectivity index (χ2n) is 16.4. The molecule has 0 aliphatic carbocycles. The van der Waals surface area contributed by atoms with Gasteiger partial charge in [-0.05, 0) is 88.6 Å². The molecule has 306 valence electrons. The molecule has 0 aliphatic heterocycles. The fraction of sp³-hybridized carbons (Fsp3) is 0.512. The van der Waals surface area contributed by atoms with Crippen LogP contribution in [-0.2, 0) is 26.4 Å². The molecule has 0 saturated heterocycles. The molecule has 56 heavy (non-hydrogen) atoms. The average Bonchev–Trinajstić information content (AvgIpc) is 3.75. The molecule has 0 radical (unpaired) electrons.